The van der Waals surface area contributed by atoms with Crippen molar-refractivity contribution in [1.29, 1.82) is 0 Å². The summed E-state index contributed by atoms with van der Waals surface area (Å²) in [6, 6.07) is 0.0521. The fourth-order valence-corrected chi connectivity index (χ4v) is 3.45. The van der Waals surface area contributed by atoms with Gasteiger partial charge < -0.3 is 5.32 Å². The van der Waals surface area contributed by atoms with Crippen LogP contribution >= 0.6 is 0 Å². The molecule has 0 fully saturated rings. The molecular formula is C12H29N3O2S. The van der Waals surface area contributed by atoms with Gasteiger partial charge in [0.05, 0.1) is 0 Å². The summed E-state index contributed by atoms with van der Waals surface area (Å²) >= 11 is 0. The van der Waals surface area contributed by atoms with E-state index in [1.807, 2.05) is 27.7 Å². The van der Waals surface area contributed by atoms with Gasteiger partial charge in [-0.25, -0.2) is 0 Å². The van der Waals surface area contributed by atoms with Crippen LogP contribution < -0.4 is 5.32 Å². The number of rotatable bonds is 10. The molecular weight excluding hydrogens is 250 g/mol. The minimum absolute atomic E-state index is 0.0521. The molecule has 6 heteroatoms. The Hall–Kier alpha value is -0.170. The molecule has 0 radical (unpaired) electrons. The number of nitrogens with one attached hydrogen (secondary N) is 1. The van der Waals surface area contributed by atoms with Crippen LogP contribution in [0.25, 0.3) is 0 Å². The van der Waals surface area contributed by atoms with E-state index < -0.39 is 10.2 Å². The van der Waals surface area contributed by atoms with Gasteiger partial charge in [-0.3, -0.25) is 0 Å². The van der Waals surface area contributed by atoms with Crippen molar-refractivity contribution in [1.82, 2.24) is 13.9 Å². The van der Waals surface area contributed by atoms with Crippen LogP contribution in [0.15, 0.2) is 0 Å². The zero-order valence-corrected chi connectivity index (χ0v) is 13.3. The van der Waals surface area contributed by atoms with Crippen LogP contribution in [-0.2, 0) is 10.2 Å². The van der Waals surface area contributed by atoms with E-state index in [0.717, 1.165) is 25.9 Å². The van der Waals surface area contributed by atoms with Crippen LogP contribution in [0.3, 0.4) is 0 Å². The van der Waals surface area contributed by atoms with Gasteiger partial charge in [0.1, 0.15) is 0 Å². The van der Waals surface area contributed by atoms with Crippen molar-refractivity contribution in [2.45, 2.75) is 46.6 Å². The lowest BCUT2D eigenvalue weighted by Crippen LogP contribution is -2.46. The maximum Gasteiger partial charge on any atom is 0.281 e. The van der Waals surface area contributed by atoms with E-state index in [0.29, 0.717) is 13.1 Å². The van der Waals surface area contributed by atoms with Crippen molar-refractivity contribution in [3.63, 3.8) is 0 Å². The van der Waals surface area contributed by atoms with Gasteiger partial charge >= 0.3 is 0 Å². The first-order valence-corrected chi connectivity index (χ1v) is 8.25. The fourth-order valence-electron chi connectivity index (χ4n) is 1.80. The Balaban J connectivity index is 4.49. The van der Waals surface area contributed by atoms with Crippen LogP contribution in [0.2, 0.25) is 0 Å². The van der Waals surface area contributed by atoms with Crippen molar-refractivity contribution in [3.05, 3.63) is 0 Å². The summed E-state index contributed by atoms with van der Waals surface area (Å²) in [6.07, 6.45) is 1.67. The maximum atomic E-state index is 12.4. The fraction of sp³-hybridized carbons (Fsp3) is 1.00. The van der Waals surface area contributed by atoms with Gasteiger partial charge in [-0.15, -0.1) is 0 Å². The zero-order chi connectivity index (χ0) is 14.2. The summed E-state index contributed by atoms with van der Waals surface area (Å²) < 4.78 is 27.7. The SMILES string of the molecule is CCNCCCN(C)S(=O)(=O)N(CC)C(C)CC. The van der Waals surface area contributed by atoms with E-state index in [-0.39, 0.29) is 6.04 Å². The summed E-state index contributed by atoms with van der Waals surface area (Å²) in [5.74, 6) is 0. The predicted octanol–water partition coefficient (Wildman–Crippen LogP) is 1.28. The Morgan fingerprint density at radius 1 is 1.22 bits per heavy atom. The maximum absolute atomic E-state index is 12.4. The molecule has 0 bridgehead atoms. The highest BCUT2D eigenvalue weighted by molar-refractivity contribution is 7.86. The van der Waals surface area contributed by atoms with E-state index in [1.54, 1.807) is 11.4 Å². The van der Waals surface area contributed by atoms with Gasteiger partial charge in [-0.1, -0.05) is 20.8 Å². The Morgan fingerprint density at radius 3 is 2.28 bits per heavy atom. The lowest BCUT2D eigenvalue weighted by Gasteiger charge is -2.30. The molecule has 0 spiro atoms. The first-order valence-electron chi connectivity index (χ1n) is 6.85. The molecule has 0 aliphatic carbocycles. The van der Waals surface area contributed by atoms with E-state index in [9.17, 15) is 8.42 Å². The number of hydrogen-bond acceptors (Lipinski definition) is 3. The lowest BCUT2D eigenvalue weighted by molar-refractivity contribution is 0.308. The van der Waals surface area contributed by atoms with Crippen LogP contribution in [-0.4, -0.2) is 56.3 Å². The summed E-state index contributed by atoms with van der Waals surface area (Å²) in [7, 11) is -1.65. The van der Waals surface area contributed by atoms with Gasteiger partial charge in [-0.05, 0) is 32.9 Å². The minimum atomic E-state index is -3.31. The topological polar surface area (TPSA) is 52.7 Å². The largest absolute Gasteiger partial charge is 0.317 e. The third-order valence-corrected chi connectivity index (χ3v) is 5.34. The summed E-state index contributed by atoms with van der Waals surface area (Å²) in [5, 5.41) is 3.20. The summed E-state index contributed by atoms with van der Waals surface area (Å²) in [5.41, 5.74) is 0. The number of hydrogen-bond donors (Lipinski definition) is 1. The Labute approximate surface area is 113 Å². The Kier molecular flexibility index (Phi) is 8.77. The third-order valence-electron chi connectivity index (χ3n) is 3.16. The van der Waals surface area contributed by atoms with Crippen molar-refractivity contribution in [2.75, 3.05) is 33.2 Å². The van der Waals surface area contributed by atoms with Crippen LogP contribution in [0.4, 0.5) is 0 Å². The van der Waals surface area contributed by atoms with E-state index in [1.165, 1.54) is 4.31 Å². The molecule has 1 unspecified atom stereocenters. The van der Waals surface area contributed by atoms with Gasteiger partial charge in [0.25, 0.3) is 10.2 Å². The highest BCUT2D eigenvalue weighted by Crippen LogP contribution is 2.13. The van der Waals surface area contributed by atoms with Gasteiger partial charge in [0.2, 0.25) is 0 Å². The molecule has 0 aromatic rings. The quantitative estimate of drug-likeness (QED) is 0.613. The number of nitrogens with zero attached hydrogens (tertiary/aromatic N) is 2. The first-order chi connectivity index (χ1) is 8.41. The predicted molar refractivity (Wildman–Crippen MR) is 76.8 cm³/mol. The van der Waals surface area contributed by atoms with Crippen molar-refractivity contribution in [2.24, 2.45) is 0 Å². The average Bonchev–Trinajstić information content (AvgIpc) is 2.34. The van der Waals surface area contributed by atoms with Gasteiger partial charge in [0, 0.05) is 26.2 Å². The van der Waals surface area contributed by atoms with Crippen molar-refractivity contribution < 1.29 is 8.42 Å². The second kappa shape index (κ2) is 8.85. The molecule has 0 amide bonds. The smallest absolute Gasteiger partial charge is 0.281 e. The average molecular weight is 279 g/mol. The molecule has 0 aliphatic rings. The standard InChI is InChI=1S/C12H29N3O2S/c1-6-12(4)15(8-3)18(16,17)14(5)11-9-10-13-7-2/h12-13H,6-11H2,1-5H3. The second-order valence-corrected chi connectivity index (χ2v) is 6.49. The molecule has 0 aromatic heterocycles. The minimum Gasteiger partial charge on any atom is -0.317 e. The van der Waals surface area contributed by atoms with Crippen LogP contribution in [0.1, 0.15) is 40.5 Å². The van der Waals surface area contributed by atoms with Gasteiger partial charge in [-0.2, -0.15) is 17.0 Å². The lowest BCUT2D eigenvalue weighted by atomic mass is 10.3. The van der Waals surface area contributed by atoms with E-state index in [4.69, 9.17) is 0 Å². The molecule has 0 heterocycles. The van der Waals surface area contributed by atoms with E-state index in [2.05, 4.69) is 5.32 Å². The Morgan fingerprint density at radius 2 is 1.83 bits per heavy atom. The molecule has 0 saturated heterocycles. The van der Waals surface area contributed by atoms with Crippen LogP contribution in [0, 0.1) is 0 Å². The molecule has 110 valence electrons. The molecule has 5 nitrogen and oxygen atoms in total. The summed E-state index contributed by atoms with van der Waals surface area (Å²) in [6.45, 7) is 10.7. The monoisotopic (exact) mass is 279 g/mol. The molecule has 1 atom stereocenters. The van der Waals surface area contributed by atoms with Crippen LogP contribution in [0.5, 0.6) is 0 Å². The molecule has 0 aromatic carbocycles. The van der Waals surface area contributed by atoms with Crippen molar-refractivity contribution >= 4 is 10.2 Å². The molecule has 0 rings (SSSR count). The summed E-state index contributed by atoms with van der Waals surface area (Å²) in [4.78, 5) is 0. The molecule has 1 N–H and O–H groups in total. The zero-order valence-electron chi connectivity index (χ0n) is 12.4. The molecule has 0 aliphatic heterocycles. The highest BCUT2D eigenvalue weighted by Gasteiger charge is 2.28. The third kappa shape index (κ3) is 5.22. The molecule has 0 saturated carbocycles. The van der Waals surface area contributed by atoms with Crippen molar-refractivity contribution in [3.8, 4) is 0 Å². The van der Waals surface area contributed by atoms with E-state index >= 15 is 0 Å². The normalized spacial score (nSPS) is 14.4. The first kappa shape index (κ1) is 17.8. The Bertz CT molecular complexity index is 306. The highest BCUT2D eigenvalue weighted by atomic mass is 32.2. The molecule has 18 heavy (non-hydrogen) atoms. The second-order valence-electron chi connectivity index (χ2n) is 4.50. The van der Waals surface area contributed by atoms with Gasteiger partial charge in [0.15, 0.2) is 0 Å².